The van der Waals surface area contributed by atoms with E-state index in [2.05, 4.69) is 15.1 Å². The molecule has 0 bridgehead atoms. The number of likely N-dealkylation sites (N-methyl/N-ethyl adjacent to an activating group) is 1. The third kappa shape index (κ3) is 4.17. The highest BCUT2D eigenvalue weighted by Gasteiger charge is 2.63. The molecule has 1 unspecified atom stereocenters. The van der Waals surface area contributed by atoms with Crippen LogP contribution in [0.3, 0.4) is 0 Å². The molecule has 13 heteroatoms. The zero-order valence-corrected chi connectivity index (χ0v) is 24.1. The Morgan fingerprint density at radius 1 is 0.950 bits per heavy atom. The zero-order valence-electron chi connectivity index (χ0n) is 23.3. The second kappa shape index (κ2) is 9.70. The van der Waals surface area contributed by atoms with Gasteiger partial charge in [-0.05, 0) is 63.6 Å². The lowest BCUT2D eigenvalue weighted by Gasteiger charge is -2.55. The number of anilines is 1. The first-order valence-corrected chi connectivity index (χ1v) is 12.8. The highest BCUT2D eigenvalue weighted by atomic mass is 35.5. The van der Waals surface area contributed by atoms with Crippen LogP contribution in [0, 0.1) is 5.41 Å². The molecule has 4 heterocycles. The Hall–Kier alpha value is -3.77. The second-order valence-corrected chi connectivity index (χ2v) is 11.6. The average molecular weight is 573 g/mol. The molecule has 0 aliphatic carbocycles. The number of hydrogen-bond acceptors (Lipinski definition) is 8. The highest BCUT2D eigenvalue weighted by Crippen LogP contribution is 2.47. The van der Waals surface area contributed by atoms with Crippen LogP contribution in [0.4, 0.5) is 15.3 Å². The summed E-state index contributed by atoms with van der Waals surface area (Å²) in [4.78, 5) is 85.4. The molecule has 12 nitrogen and oxygen atoms in total. The van der Waals surface area contributed by atoms with E-state index in [0.29, 0.717) is 24.2 Å². The fourth-order valence-corrected chi connectivity index (χ4v) is 6.12. The van der Waals surface area contributed by atoms with Gasteiger partial charge in [-0.15, -0.1) is 12.4 Å². The second-order valence-electron chi connectivity index (χ2n) is 11.6. The van der Waals surface area contributed by atoms with Gasteiger partial charge in [-0.1, -0.05) is 6.07 Å². The van der Waals surface area contributed by atoms with E-state index in [1.54, 1.807) is 32.9 Å². The normalized spacial score (nSPS) is 24.4. The Kier molecular flexibility index (Phi) is 7.09. The fourth-order valence-electron chi connectivity index (χ4n) is 6.12. The third-order valence-corrected chi connectivity index (χ3v) is 8.06. The van der Waals surface area contributed by atoms with Crippen LogP contribution in [0.1, 0.15) is 31.9 Å². The summed E-state index contributed by atoms with van der Waals surface area (Å²) in [6.07, 6.45) is 1.47. The number of carbonyl (C=O) groups is 6. The first kappa shape index (κ1) is 29.2. The van der Waals surface area contributed by atoms with Crippen molar-refractivity contribution in [1.82, 2.24) is 24.9 Å². The third-order valence-electron chi connectivity index (χ3n) is 8.06. The molecule has 1 atom stereocenters. The smallest absolute Gasteiger partial charge is 0.332 e. The first-order chi connectivity index (χ1) is 18.2. The summed E-state index contributed by atoms with van der Waals surface area (Å²) in [5, 5.41) is 2.23. The number of nitrogens with zero attached hydrogens (tertiary/aromatic N) is 5. The van der Waals surface area contributed by atoms with E-state index in [-0.39, 0.29) is 24.4 Å². The van der Waals surface area contributed by atoms with Crippen LogP contribution in [0.25, 0.3) is 6.08 Å². The Morgan fingerprint density at radius 2 is 1.57 bits per heavy atom. The Labute approximate surface area is 238 Å². The number of nitrogens with one attached hydrogen (secondary N) is 1. The summed E-state index contributed by atoms with van der Waals surface area (Å²) in [6, 6.07) is 3.46. The first-order valence-electron chi connectivity index (χ1n) is 12.8. The number of imide groups is 4. The predicted molar refractivity (Wildman–Crippen MR) is 148 cm³/mol. The van der Waals surface area contributed by atoms with Crippen molar-refractivity contribution in [2.45, 2.75) is 38.8 Å². The number of urea groups is 2. The quantitative estimate of drug-likeness (QED) is 0.301. The lowest BCUT2D eigenvalue weighted by atomic mass is 9.67. The summed E-state index contributed by atoms with van der Waals surface area (Å²) < 4.78 is 0. The standard InChI is InChI=1S/C27H32N6O6.ClH/c1-26(2,3)33-21(35)17(20(34)28-24(33)38)12-15-7-8-18-16(11-15)13-27(19-14-29(4)9-10-32(18)19)22(36)30(5)25(39)31(6)23(27)37;/h7-8,11-12,19H,9-10,13-14H2,1-6H3,(H,28,34,38);1H. The topological polar surface area (TPSA) is 131 Å². The van der Waals surface area contributed by atoms with Gasteiger partial charge < -0.3 is 9.80 Å². The fraction of sp³-hybridized carbons (Fsp3) is 0.481. The Balaban J connectivity index is 0.00000370. The number of amides is 8. The van der Waals surface area contributed by atoms with Crippen LogP contribution in [-0.2, 0) is 25.6 Å². The van der Waals surface area contributed by atoms with Crippen molar-refractivity contribution in [3.8, 4) is 0 Å². The maximum Gasteiger partial charge on any atom is 0.332 e. The number of carbonyl (C=O) groups excluding carboxylic acids is 6. The molecule has 1 aromatic carbocycles. The van der Waals surface area contributed by atoms with Crippen molar-refractivity contribution in [3.63, 3.8) is 0 Å². The Morgan fingerprint density at radius 3 is 2.17 bits per heavy atom. The van der Waals surface area contributed by atoms with Crippen molar-refractivity contribution >= 4 is 59.9 Å². The molecule has 1 N–H and O–H groups in total. The number of halogens is 1. The van der Waals surface area contributed by atoms with E-state index in [1.165, 1.54) is 20.2 Å². The van der Waals surface area contributed by atoms with E-state index in [9.17, 15) is 28.8 Å². The molecule has 4 aliphatic heterocycles. The minimum Gasteiger partial charge on any atom is -0.364 e. The number of piperazine rings is 1. The molecule has 1 aromatic rings. The van der Waals surface area contributed by atoms with Gasteiger partial charge >= 0.3 is 12.1 Å². The van der Waals surface area contributed by atoms with Crippen LogP contribution >= 0.6 is 12.4 Å². The predicted octanol–water partition coefficient (Wildman–Crippen LogP) is 1.08. The molecule has 3 fully saturated rings. The summed E-state index contributed by atoms with van der Waals surface area (Å²) in [7, 11) is 4.71. The summed E-state index contributed by atoms with van der Waals surface area (Å²) in [6.45, 7) is 6.83. The van der Waals surface area contributed by atoms with Gasteiger partial charge in [0, 0.05) is 45.0 Å². The van der Waals surface area contributed by atoms with Crippen LogP contribution in [0.5, 0.6) is 0 Å². The van der Waals surface area contributed by atoms with E-state index < -0.39 is 52.7 Å². The number of benzene rings is 1. The molecule has 8 amide bonds. The maximum absolute atomic E-state index is 13.8. The van der Waals surface area contributed by atoms with Gasteiger partial charge in [0.05, 0.1) is 6.04 Å². The highest BCUT2D eigenvalue weighted by molar-refractivity contribution is 6.31. The van der Waals surface area contributed by atoms with Gasteiger partial charge in [-0.2, -0.15) is 0 Å². The van der Waals surface area contributed by atoms with Crippen molar-refractivity contribution in [3.05, 3.63) is 34.9 Å². The van der Waals surface area contributed by atoms with Crippen LogP contribution < -0.4 is 10.2 Å². The molecule has 40 heavy (non-hydrogen) atoms. The number of fused-ring (bicyclic) bond motifs is 4. The largest absolute Gasteiger partial charge is 0.364 e. The minimum atomic E-state index is -1.52. The van der Waals surface area contributed by atoms with Crippen LogP contribution in [0.15, 0.2) is 23.8 Å². The lowest BCUT2D eigenvalue weighted by Crippen LogP contribution is -2.74. The van der Waals surface area contributed by atoms with Crippen LogP contribution in [-0.4, -0.2) is 108 Å². The zero-order chi connectivity index (χ0) is 28.6. The Bertz CT molecular complexity index is 1360. The summed E-state index contributed by atoms with van der Waals surface area (Å²) in [5.41, 5.74) is -0.506. The van der Waals surface area contributed by atoms with Gasteiger partial charge in [0.15, 0.2) is 5.41 Å². The monoisotopic (exact) mass is 572 g/mol. The molecule has 3 saturated heterocycles. The SMILES string of the molecule is CN1CCN2c3ccc(C=C4C(=O)NC(=O)N(C(C)(C)C)C4=O)cc3CC3(C(=O)N(C)C(=O)N(C)C3=O)C2C1.Cl. The maximum atomic E-state index is 13.8. The van der Waals surface area contributed by atoms with Crippen molar-refractivity contribution < 1.29 is 28.8 Å². The van der Waals surface area contributed by atoms with Crippen molar-refractivity contribution in [2.75, 3.05) is 45.7 Å². The molecular weight excluding hydrogens is 540 g/mol. The van der Waals surface area contributed by atoms with E-state index in [1.807, 2.05) is 13.1 Å². The number of barbiturate groups is 2. The van der Waals surface area contributed by atoms with Crippen molar-refractivity contribution in [1.29, 1.82) is 0 Å². The molecule has 0 aromatic heterocycles. The molecule has 0 saturated carbocycles. The van der Waals surface area contributed by atoms with Crippen LogP contribution in [0.2, 0.25) is 0 Å². The van der Waals surface area contributed by atoms with Gasteiger partial charge in [0.2, 0.25) is 11.8 Å². The molecule has 214 valence electrons. The number of hydrogen-bond donors (Lipinski definition) is 1. The lowest BCUT2D eigenvalue weighted by molar-refractivity contribution is -0.160. The van der Waals surface area contributed by atoms with Gasteiger partial charge in [-0.25, -0.2) is 9.59 Å². The number of rotatable bonds is 1. The molecule has 0 radical (unpaired) electrons. The van der Waals surface area contributed by atoms with E-state index in [4.69, 9.17) is 0 Å². The summed E-state index contributed by atoms with van der Waals surface area (Å²) in [5.74, 6) is -2.59. The molecule has 1 spiro atoms. The van der Waals surface area contributed by atoms with Gasteiger partial charge in [0.25, 0.3) is 11.8 Å². The molecule has 5 rings (SSSR count). The van der Waals surface area contributed by atoms with E-state index >= 15 is 0 Å². The summed E-state index contributed by atoms with van der Waals surface area (Å²) >= 11 is 0. The van der Waals surface area contributed by atoms with Crippen molar-refractivity contribution in [2.24, 2.45) is 5.41 Å². The molecule has 4 aliphatic rings. The average Bonchev–Trinajstić information content (AvgIpc) is 2.86. The van der Waals surface area contributed by atoms with E-state index in [0.717, 1.165) is 26.9 Å². The minimum absolute atomic E-state index is 0. The molecular formula is C27H33ClN6O6. The van der Waals surface area contributed by atoms with Gasteiger partial charge in [-0.3, -0.25) is 39.2 Å². The van der Waals surface area contributed by atoms with Gasteiger partial charge in [0.1, 0.15) is 5.57 Å².